The Hall–Kier alpha value is -2.15. The van der Waals surface area contributed by atoms with E-state index in [9.17, 15) is 9.90 Å². The van der Waals surface area contributed by atoms with Gasteiger partial charge in [-0.1, -0.05) is 18.2 Å². The average molecular weight is 383 g/mol. The van der Waals surface area contributed by atoms with Crippen LogP contribution in [0, 0.1) is 6.92 Å². The molecule has 6 heteroatoms. The van der Waals surface area contributed by atoms with Gasteiger partial charge in [-0.15, -0.1) is 4.90 Å². The van der Waals surface area contributed by atoms with Gasteiger partial charge in [-0.3, -0.25) is 4.99 Å². The van der Waals surface area contributed by atoms with Crippen LogP contribution in [0.4, 0.5) is 5.69 Å². The second-order valence-corrected chi connectivity index (χ2v) is 5.69. The fraction of sp³-hybridized carbons (Fsp3) is 0.111. The molecule has 0 spiro atoms. The zero-order valence-corrected chi connectivity index (χ0v) is 14.9. The van der Waals surface area contributed by atoms with Crippen molar-refractivity contribution in [3.05, 3.63) is 64.0 Å². The molecule has 1 aromatic heterocycles. The molecule has 1 heterocycles. The monoisotopic (exact) mass is 383 g/mol. The van der Waals surface area contributed by atoms with Crippen LogP contribution in [-0.4, -0.2) is 10.8 Å². The van der Waals surface area contributed by atoms with E-state index in [0.29, 0.717) is 27.4 Å². The molecule has 0 saturated carbocycles. The molecule has 4 nitrogen and oxygen atoms in total. The zero-order valence-electron chi connectivity index (χ0n) is 13.0. The predicted octanol–water partition coefficient (Wildman–Crippen LogP) is 3.85. The van der Waals surface area contributed by atoms with Gasteiger partial charge in [0.15, 0.2) is 5.58 Å². The second kappa shape index (κ2) is 7.17. The van der Waals surface area contributed by atoms with Crippen molar-refractivity contribution in [1.82, 2.24) is 0 Å². The molecule has 1 radical (unpaired) electrons. The topological polar surface area (TPSA) is 62.8 Å². The normalized spacial score (nSPS) is 11.3. The summed E-state index contributed by atoms with van der Waals surface area (Å²) in [4.78, 5) is 16.8. The SMILES string of the molecule is CC(=Nc1ccccc1[S-])c1c(O)ccc2c(C)cc(=O)oc12.[Co]. The molecule has 0 atom stereocenters. The molecule has 0 aliphatic rings. The summed E-state index contributed by atoms with van der Waals surface area (Å²) < 4.78 is 5.32. The van der Waals surface area contributed by atoms with Crippen molar-refractivity contribution in [1.29, 1.82) is 0 Å². The Labute approximate surface area is 154 Å². The van der Waals surface area contributed by atoms with Crippen LogP contribution in [0.1, 0.15) is 18.1 Å². The Morgan fingerprint density at radius 2 is 1.92 bits per heavy atom. The third-order valence-corrected chi connectivity index (χ3v) is 3.96. The number of phenolic OH excluding ortho intramolecular Hbond substituents is 1. The molecular formula is C18H14CoNO3S-. The molecule has 24 heavy (non-hydrogen) atoms. The van der Waals surface area contributed by atoms with Crippen LogP contribution in [0.3, 0.4) is 0 Å². The molecule has 0 aliphatic carbocycles. The molecule has 2 aromatic carbocycles. The summed E-state index contributed by atoms with van der Waals surface area (Å²) in [5.41, 5.74) is 2.22. The number of hydrogen-bond donors (Lipinski definition) is 1. The Morgan fingerprint density at radius 3 is 2.62 bits per heavy atom. The van der Waals surface area contributed by atoms with Gasteiger partial charge in [0.2, 0.25) is 0 Å². The molecule has 0 saturated heterocycles. The van der Waals surface area contributed by atoms with Gasteiger partial charge in [0.05, 0.1) is 11.3 Å². The molecule has 0 amide bonds. The van der Waals surface area contributed by atoms with Gasteiger partial charge in [-0.2, -0.15) is 0 Å². The van der Waals surface area contributed by atoms with Crippen LogP contribution in [0.15, 0.2) is 61.6 Å². The number of fused-ring (bicyclic) bond motifs is 1. The van der Waals surface area contributed by atoms with E-state index in [-0.39, 0.29) is 22.5 Å². The van der Waals surface area contributed by atoms with Crippen molar-refractivity contribution in [3.8, 4) is 5.75 Å². The van der Waals surface area contributed by atoms with Crippen LogP contribution in [0.5, 0.6) is 5.75 Å². The van der Waals surface area contributed by atoms with E-state index < -0.39 is 5.63 Å². The number of nitrogens with zero attached hydrogens (tertiary/aromatic N) is 1. The number of benzene rings is 2. The summed E-state index contributed by atoms with van der Waals surface area (Å²) in [5, 5.41) is 11.0. The van der Waals surface area contributed by atoms with Crippen molar-refractivity contribution >= 4 is 35.0 Å². The maximum Gasteiger partial charge on any atom is 0.336 e. The fourth-order valence-corrected chi connectivity index (χ4v) is 2.70. The van der Waals surface area contributed by atoms with Gasteiger partial charge in [0.25, 0.3) is 0 Å². The van der Waals surface area contributed by atoms with E-state index in [1.165, 1.54) is 6.07 Å². The Kier molecular flexibility index (Phi) is 5.43. The summed E-state index contributed by atoms with van der Waals surface area (Å²) in [6.45, 7) is 3.57. The Bertz CT molecular complexity index is 995. The van der Waals surface area contributed by atoms with Crippen molar-refractivity contribution in [2.45, 2.75) is 18.7 Å². The minimum atomic E-state index is -0.460. The van der Waals surface area contributed by atoms with Crippen LogP contribution >= 0.6 is 0 Å². The van der Waals surface area contributed by atoms with Crippen molar-refractivity contribution in [2.75, 3.05) is 0 Å². The van der Waals surface area contributed by atoms with E-state index in [0.717, 1.165) is 10.9 Å². The maximum absolute atomic E-state index is 11.7. The molecule has 0 unspecified atom stereocenters. The number of aromatic hydroxyl groups is 1. The molecule has 0 aliphatic heterocycles. The van der Waals surface area contributed by atoms with Gasteiger partial charge < -0.3 is 22.2 Å². The van der Waals surface area contributed by atoms with E-state index >= 15 is 0 Å². The largest absolute Gasteiger partial charge is 0.778 e. The predicted molar refractivity (Wildman–Crippen MR) is 92.8 cm³/mol. The summed E-state index contributed by atoms with van der Waals surface area (Å²) in [6.07, 6.45) is 0. The van der Waals surface area contributed by atoms with Crippen LogP contribution < -0.4 is 5.63 Å². The quantitative estimate of drug-likeness (QED) is 0.415. The standard InChI is InChI=1S/C18H15NO3S.Co/c1-10-9-16(21)22-18-12(10)7-8-14(20)17(18)11(2)19-13-5-3-4-6-15(13)23;/h3-9,20,23H,1-2H3;/p-1. The van der Waals surface area contributed by atoms with E-state index in [4.69, 9.17) is 17.0 Å². The summed E-state index contributed by atoms with van der Waals surface area (Å²) in [7, 11) is 0. The molecule has 3 rings (SSSR count). The first-order valence-electron chi connectivity index (χ1n) is 7.05. The van der Waals surface area contributed by atoms with Crippen molar-refractivity contribution < 1.29 is 26.3 Å². The van der Waals surface area contributed by atoms with E-state index in [1.807, 2.05) is 19.1 Å². The van der Waals surface area contributed by atoms with Gasteiger partial charge >= 0.3 is 5.63 Å². The first kappa shape index (κ1) is 18.2. The Morgan fingerprint density at radius 1 is 1.21 bits per heavy atom. The molecule has 125 valence electrons. The fourth-order valence-electron chi connectivity index (χ4n) is 2.51. The summed E-state index contributed by atoms with van der Waals surface area (Å²) >= 11 is 5.25. The number of aliphatic imine (C=N–C) groups is 1. The first-order valence-corrected chi connectivity index (χ1v) is 7.46. The number of rotatable bonds is 2. The minimum absolute atomic E-state index is 0. The minimum Gasteiger partial charge on any atom is -0.778 e. The third kappa shape index (κ3) is 3.35. The van der Waals surface area contributed by atoms with Gasteiger partial charge in [0, 0.05) is 33.9 Å². The summed E-state index contributed by atoms with van der Waals surface area (Å²) in [6, 6.07) is 12.0. The smallest absolute Gasteiger partial charge is 0.336 e. The van der Waals surface area contributed by atoms with E-state index in [1.54, 1.807) is 31.2 Å². The molecular weight excluding hydrogens is 369 g/mol. The first-order chi connectivity index (χ1) is 11.0. The average Bonchev–Trinajstić information content (AvgIpc) is 2.48. The Balaban J connectivity index is 0.00000208. The van der Waals surface area contributed by atoms with Crippen LogP contribution in [0.25, 0.3) is 11.0 Å². The third-order valence-electron chi connectivity index (χ3n) is 3.61. The molecule has 1 N–H and O–H groups in total. The van der Waals surface area contributed by atoms with Gasteiger partial charge in [-0.05, 0) is 37.6 Å². The molecule has 0 bridgehead atoms. The molecule has 3 aromatic rings. The van der Waals surface area contributed by atoms with E-state index in [2.05, 4.69) is 4.99 Å². The second-order valence-electron chi connectivity index (χ2n) is 5.25. The molecule has 0 fully saturated rings. The maximum atomic E-state index is 11.7. The zero-order chi connectivity index (χ0) is 16.6. The number of para-hydroxylation sites is 1. The number of aryl methyl sites for hydroxylation is 1. The van der Waals surface area contributed by atoms with Crippen LogP contribution in [0.2, 0.25) is 0 Å². The number of phenols is 1. The van der Waals surface area contributed by atoms with Gasteiger partial charge in [0.1, 0.15) is 5.75 Å². The summed E-state index contributed by atoms with van der Waals surface area (Å²) in [5.74, 6) is 0.00866. The van der Waals surface area contributed by atoms with Crippen molar-refractivity contribution in [2.24, 2.45) is 4.99 Å². The van der Waals surface area contributed by atoms with Crippen LogP contribution in [-0.2, 0) is 29.4 Å². The number of hydrogen-bond acceptors (Lipinski definition) is 5. The van der Waals surface area contributed by atoms with Gasteiger partial charge in [-0.25, -0.2) is 4.79 Å². The van der Waals surface area contributed by atoms with Crippen molar-refractivity contribution in [3.63, 3.8) is 0 Å².